The monoisotopic (exact) mass is 401 g/mol. The van der Waals surface area contributed by atoms with E-state index < -0.39 is 11.8 Å². The average Bonchev–Trinajstić information content (AvgIpc) is 2.98. The lowest BCUT2D eigenvalue weighted by Crippen LogP contribution is -2.10. The Morgan fingerprint density at radius 3 is 2.61 bits per heavy atom. The van der Waals surface area contributed by atoms with Crippen molar-refractivity contribution in [2.24, 2.45) is 4.99 Å². The van der Waals surface area contributed by atoms with E-state index in [1.807, 2.05) is 0 Å². The number of rotatable bonds is 4. The van der Waals surface area contributed by atoms with Crippen LogP contribution < -0.4 is 4.74 Å². The highest BCUT2D eigenvalue weighted by Gasteiger charge is 2.33. The Kier molecular flexibility index (Phi) is 5.70. The van der Waals surface area contributed by atoms with Crippen molar-refractivity contribution in [1.82, 2.24) is 0 Å². The van der Waals surface area contributed by atoms with E-state index in [1.54, 1.807) is 24.3 Å². The van der Waals surface area contributed by atoms with Crippen LogP contribution in [0.1, 0.15) is 5.56 Å². The van der Waals surface area contributed by atoms with Crippen molar-refractivity contribution in [2.45, 2.75) is 0 Å². The number of hydrogen-bond donors (Lipinski definition) is 2. The smallest absolute Gasteiger partial charge is 0.344 e. The number of methoxy groups -OCH3 is 2. The topological polar surface area (TPSA) is 88.4 Å². The van der Waals surface area contributed by atoms with Crippen molar-refractivity contribution in [3.63, 3.8) is 0 Å². The highest BCUT2D eigenvalue weighted by molar-refractivity contribution is 8.18. The van der Waals surface area contributed by atoms with E-state index in [0.717, 1.165) is 11.8 Å². The van der Waals surface area contributed by atoms with Gasteiger partial charge in [-0.1, -0.05) is 30.0 Å². The van der Waals surface area contributed by atoms with E-state index in [4.69, 9.17) is 9.47 Å². The van der Waals surface area contributed by atoms with Gasteiger partial charge in [-0.05, 0) is 30.3 Å². The number of carbonyl (C=O) groups is 1. The molecule has 2 aromatic rings. The van der Waals surface area contributed by atoms with Crippen molar-refractivity contribution >= 4 is 34.5 Å². The molecule has 0 amide bonds. The molecule has 0 atom stereocenters. The molecule has 0 saturated carbocycles. The average molecular weight is 401 g/mol. The molecule has 1 aliphatic rings. The van der Waals surface area contributed by atoms with Gasteiger partial charge in [-0.25, -0.2) is 14.2 Å². The molecule has 0 fully saturated rings. The van der Waals surface area contributed by atoms with Crippen LogP contribution in [0.4, 0.5) is 10.1 Å². The van der Waals surface area contributed by atoms with Crippen LogP contribution in [-0.2, 0) is 9.53 Å². The molecule has 0 bridgehead atoms. The number of aliphatic hydroxyl groups excluding tert-OH is 1. The summed E-state index contributed by atoms with van der Waals surface area (Å²) in [7, 11) is 2.61. The molecular formula is C20H16FNO5S. The molecule has 0 saturated heterocycles. The van der Waals surface area contributed by atoms with E-state index in [2.05, 4.69) is 4.99 Å². The predicted octanol–water partition coefficient (Wildman–Crippen LogP) is 4.34. The Bertz CT molecular complexity index is 1030. The summed E-state index contributed by atoms with van der Waals surface area (Å²) < 4.78 is 23.2. The molecule has 3 rings (SSSR count). The number of benzene rings is 2. The Morgan fingerprint density at radius 1 is 1.18 bits per heavy atom. The Balaban J connectivity index is 2.08. The fourth-order valence-electron chi connectivity index (χ4n) is 2.52. The van der Waals surface area contributed by atoms with E-state index in [9.17, 15) is 19.4 Å². The number of para-hydroxylation sites is 1. The van der Waals surface area contributed by atoms with Crippen LogP contribution in [0, 0.1) is 5.82 Å². The molecule has 28 heavy (non-hydrogen) atoms. The maximum atomic E-state index is 13.4. The van der Waals surface area contributed by atoms with Gasteiger partial charge in [-0.2, -0.15) is 0 Å². The number of esters is 1. The molecule has 2 N–H and O–H groups in total. The first-order valence-corrected chi connectivity index (χ1v) is 8.88. The van der Waals surface area contributed by atoms with Crippen molar-refractivity contribution in [3.05, 3.63) is 70.1 Å². The number of thioether (sulfide) groups is 1. The van der Waals surface area contributed by atoms with E-state index >= 15 is 0 Å². The van der Waals surface area contributed by atoms with Crippen LogP contribution in [0.15, 0.2) is 63.7 Å². The number of halogens is 1. The van der Waals surface area contributed by atoms with Gasteiger partial charge < -0.3 is 19.7 Å². The zero-order valence-corrected chi connectivity index (χ0v) is 15.8. The minimum atomic E-state index is -0.779. The molecule has 2 aromatic carbocycles. The summed E-state index contributed by atoms with van der Waals surface area (Å²) in [5, 5.41) is 21.0. The SMILES string of the molecule is COC(=O)C1=C(O)C(=Cc2cccc(OC)c2O)SC1=Nc1cccc(F)c1. The van der Waals surface area contributed by atoms with Crippen LogP contribution >= 0.6 is 11.8 Å². The lowest BCUT2D eigenvalue weighted by molar-refractivity contribution is -0.135. The summed E-state index contributed by atoms with van der Waals surface area (Å²) in [6, 6.07) is 10.4. The first-order chi connectivity index (χ1) is 13.4. The summed E-state index contributed by atoms with van der Waals surface area (Å²) in [5.74, 6) is -1.44. The molecule has 144 valence electrons. The quantitative estimate of drug-likeness (QED) is 0.741. The number of nitrogens with zero attached hydrogens (tertiary/aromatic N) is 1. The normalized spacial score (nSPS) is 16.7. The number of hydrogen-bond acceptors (Lipinski definition) is 7. The Labute approximate surface area is 164 Å². The fourth-order valence-corrected chi connectivity index (χ4v) is 3.54. The number of carbonyl (C=O) groups excluding carboxylic acids is 1. The third-order valence-corrected chi connectivity index (χ3v) is 4.88. The van der Waals surface area contributed by atoms with E-state index in [-0.39, 0.29) is 38.5 Å². The standard InChI is InChI=1S/C20H16FNO5S/c1-26-14-8-3-5-11(17(14)23)9-15-18(24)16(20(25)27-2)19(28-15)22-13-7-4-6-12(21)10-13/h3-10,23-24H,1-2H3. The van der Waals surface area contributed by atoms with Crippen LogP contribution in [0.5, 0.6) is 11.5 Å². The number of aliphatic imine (C=N–C) groups is 1. The van der Waals surface area contributed by atoms with Gasteiger partial charge in [0.1, 0.15) is 22.2 Å². The Hall–Kier alpha value is -3.26. The Morgan fingerprint density at radius 2 is 1.93 bits per heavy atom. The van der Waals surface area contributed by atoms with Crippen molar-refractivity contribution in [1.29, 1.82) is 0 Å². The van der Waals surface area contributed by atoms with Gasteiger partial charge >= 0.3 is 5.97 Å². The highest BCUT2D eigenvalue weighted by atomic mass is 32.2. The van der Waals surface area contributed by atoms with Gasteiger partial charge in [-0.3, -0.25) is 0 Å². The highest BCUT2D eigenvalue weighted by Crippen LogP contribution is 2.42. The third kappa shape index (κ3) is 3.86. The van der Waals surface area contributed by atoms with Crippen LogP contribution in [0.3, 0.4) is 0 Å². The molecule has 8 heteroatoms. The largest absolute Gasteiger partial charge is 0.506 e. The van der Waals surface area contributed by atoms with Gasteiger partial charge in [0, 0.05) is 5.56 Å². The van der Waals surface area contributed by atoms with E-state index in [0.29, 0.717) is 5.56 Å². The molecule has 6 nitrogen and oxygen atoms in total. The molecule has 0 radical (unpaired) electrons. The summed E-state index contributed by atoms with van der Waals surface area (Å²) in [4.78, 5) is 16.7. The predicted molar refractivity (Wildman–Crippen MR) is 105 cm³/mol. The first kappa shape index (κ1) is 19.5. The zero-order valence-electron chi connectivity index (χ0n) is 15.0. The van der Waals surface area contributed by atoms with E-state index in [1.165, 1.54) is 38.5 Å². The first-order valence-electron chi connectivity index (χ1n) is 8.06. The number of aromatic hydroxyl groups is 1. The van der Waals surface area contributed by atoms with Crippen molar-refractivity contribution < 1.29 is 28.9 Å². The van der Waals surface area contributed by atoms with Gasteiger partial charge in [0.05, 0.1) is 24.8 Å². The second-order valence-electron chi connectivity index (χ2n) is 5.62. The molecule has 0 spiro atoms. The van der Waals surface area contributed by atoms with Crippen LogP contribution in [0.25, 0.3) is 6.08 Å². The number of phenols is 1. The second-order valence-corrected chi connectivity index (χ2v) is 6.65. The molecule has 1 heterocycles. The molecular weight excluding hydrogens is 385 g/mol. The van der Waals surface area contributed by atoms with Gasteiger partial charge in [0.2, 0.25) is 0 Å². The summed E-state index contributed by atoms with van der Waals surface area (Å²) >= 11 is 1.00. The lowest BCUT2D eigenvalue weighted by atomic mass is 10.1. The molecule has 1 aliphatic heterocycles. The van der Waals surface area contributed by atoms with Crippen molar-refractivity contribution in [3.8, 4) is 11.5 Å². The maximum absolute atomic E-state index is 13.4. The number of ether oxygens (including phenoxy) is 2. The lowest BCUT2D eigenvalue weighted by Gasteiger charge is -2.06. The number of phenolic OH excluding ortho intramolecular Hbond substituents is 1. The molecule has 0 unspecified atom stereocenters. The van der Waals surface area contributed by atoms with Crippen LogP contribution in [-0.4, -0.2) is 35.4 Å². The summed E-state index contributed by atoms with van der Waals surface area (Å²) in [6.45, 7) is 0. The summed E-state index contributed by atoms with van der Waals surface area (Å²) in [5.41, 5.74) is 0.525. The minimum Gasteiger partial charge on any atom is -0.506 e. The zero-order chi connectivity index (χ0) is 20.3. The van der Waals surface area contributed by atoms with Gasteiger partial charge in [0.15, 0.2) is 11.5 Å². The molecule has 0 aliphatic carbocycles. The minimum absolute atomic E-state index is 0.110. The second kappa shape index (κ2) is 8.18. The maximum Gasteiger partial charge on any atom is 0.344 e. The van der Waals surface area contributed by atoms with Crippen LogP contribution in [0.2, 0.25) is 0 Å². The van der Waals surface area contributed by atoms with Gasteiger partial charge in [-0.15, -0.1) is 0 Å². The fraction of sp³-hybridized carbons (Fsp3) is 0.100. The summed E-state index contributed by atoms with van der Waals surface area (Å²) in [6.07, 6.45) is 1.49. The number of aliphatic hydroxyl groups is 1. The van der Waals surface area contributed by atoms with Gasteiger partial charge in [0.25, 0.3) is 0 Å². The third-order valence-electron chi connectivity index (χ3n) is 3.86. The molecule has 0 aromatic heterocycles. The van der Waals surface area contributed by atoms with Crippen molar-refractivity contribution in [2.75, 3.05) is 14.2 Å².